The molecular weight excluding hydrogens is 314 g/mol. The second kappa shape index (κ2) is 5.28. The van der Waals surface area contributed by atoms with Crippen molar-refractivity contribution < 1.29 is 20.1 Å². The van der Waals surface area contributed by atoms with Gasteiger partial charge in [-0.25, -0.2) is 4.98 Å². The number of nitrogens with two attached hydrogens (primary N) is 1. The van der Waals surface area contributed by atoms with Crippen LogP contribution in [-0.4, -0.2) is 60.3 Å². The van der Waals surface area contributed by atoms with Crippen molar-refractivity contribution in [1.29, 1.82) is 0 Å². The Balaban J connectivity index is 2.14. The smallest absolute Gasteiger partial charge is 0.226 e. The van der Waals surface area contributed by atoms with E-state index in [1.807, 2.05) is 0 Å². The number of rotatable bonds is 3. The molecule has 10 heteroatoms. The Labute approximate surface area is 130 Å². The summed E-state index contributed by atoms with van der Waals surface area (Å²) in [4.78, 5) is 12.0. The number of imidazole rings is 1. The van der Waals surface area contributed by atoms with Gasteiger partial charge in [0.15, 0.2) is 11.5 Å². The number of nitrogen functional groups attached to an aromatic ring is 1. The maximum absolute atomic E-state index is 10.3. The predicted octanol–water partition coefficient (Wildman–Crippen LogP) is -0.689. The average Bonchev–Trinajstić information content (AvgIpc) is 3.00. The predicted molar refractivity (Wildman–Crippen MR) is 76.9 cm³/mol. The molecule has 2 aromatic rings. The third kappa shape index (κ3) is 2.05. The minimum Gasteiger partial charge on any atom is -0.396 e. The van der Waals surface area contributed by atoms with Gasteiger partial charge < -0.3 is 25.8 Å². The van der Waals surface area contributed by atoms with Crippen LogP contribution in [0.2, 0.25) is 5.28 Å². The summed E-state index contributed by atoms with van der Waals surface area (Å²) in [6.45, 7) is 0.914. The number of hydrogen-bond acceptors (Lipinski definition) is 8. The number of ether oxygens (including phenoxy) is 1. The summed E-state index contributed by atoms with van der Waals surface area (Å²) in [5, 5.41) is 29.3. The number of fused-ring (bicyclic) bond motifs is 1. The van der Waals surface area contributed by atoms with Crippen molar-refractivity contribution in [3.63, 3.8) is 0 Å². The van der Waals surface area contributed by atoms with Crippen LogP contribution in [0.5, 0.6) is 0 Å². The van der Waals surface area contributed by atoms with Crippen molar-refractivity contribution in [2.24, 2.45) is 5.41 Å². The molecule has 0 aromatic carbocycles. The maximum atomic E-state index is 10.3. The lowest BCUT2D eigenvalue weighted by Crippen LogP contribution is -2.41. The van der Waals surface area contributed by atoms with E-state index in [9.17, 15) is 15.3 Å². The summed E-state index contributed by atoms with van der Waals surface area (Å²) in [5.41, 5.74) is 5.38. The van der Waals surface area contributed by atoms with E-state index < -0.39 is 23.9 Å². The van der Waals surface area contributed by atoms with Crippen LogP contribution in [-0.2, 0) is 4.74 Å². The van der Waals surface area contributed by atoms with E-state index >= 15 is 0 Å². The third-order valence-corrected chi connectivity index (χ3v) is 4.26. The SMILES string of the molecule is C[C@@]1(CO)[C@H](O)[C@@H](CO)O[C@H]1n1cnc2c(N)nc(Cl)nc21. The number of aliphatic hydroxyl groups is 3. The lowest BCUT2D eigenvalue weighted by atomic mass is 9.83. The van der Waals surface area contributed by atoms with E-state index in [2.05, 4.69) is 15.0 Å². The van der Waals surface area contributed by atoms with Gasteiger partial charge in [-0.1, -0.05) is 6.92 Å². The Morgan fingerprint density at radius 3 is 2.82 bits per heavy atom. The molecule has 22 heavy (non-hydrogen) atoms. The molecule has 0 radical (unpaired) electrons. The van der Waals surface area contributed by atoms with Crippen molar-refractivity contribution >= 4 is 28.6 Å². The Morgan fingerprint density at radius 2 is 2.18 bits per heavy atom. The molecule has 1 saturated heterocycles. The molecule has 1 aliphatic rings. The second-order valence-electron chi connectivity index (χ2n) is 5.52. The zero-order chi connectivity index (χ0) is 16.1. The lowest BCUT2D eigenvalue weighted by Gasteiger charge is -2.31. The number of aliphatic hydroxyl groups excluding tert-OH is 3. The van der Waals surface area contributed by atoms with Crippen molar-refractivity contribution in [2.75, 3.05) is 18.9 Å². The van der Waals surface area contributed by atoms with Crippen LogP contribution in [0.3, 0.4) is 0 Å². The Morgan fingerprint density at radius 1 is 1.45 bits per heavy atom. The molecule has 0 bridgehead atoms. The molecule has 1 aliphatic heterocycles. The monoisotopic (exact) mass is 329 g/mol. The highest BCUT2D eigenvalue weighted by molar-refractivity contribution is 6.28. The highest BCUT2D eigenvalue weighted by atomic mass is 35.5. The molecule has 0 spiro atoms. The van der Waals surface area contributed by atoms with Crippen LogP contribution in [0.25, 0.3) is 11.2 Å². The summed E-state index contributed by atoms with van der Waals surface area (Å²) in [7, 11) is 0. The van der Waals surface area contributed by atoms with Gasteiger partial charge in [-0.15, -0.1) is 0 Å². The van der Waals surface area contributed by atoms with Gasteiger partial charge in [0.05, 0.1) is 31.1 Å². The van der Waals surface area contributed by atoms with Crippen LogP contribution in [0.1, 0.15) is 13.2 Å². The fourth-order valence-corrected chi connectivity index (χ4v) is 2.92. The molecule has 0 unspecified atom stereocenters. The molecule has 0 saturated carbocycles. The van der Waals surface area contributed by atoms with Crippen LogP contribution in [0.4, 0.5) is 5.82 Å². The van der Waals surface area contributed by atoms with Gasteiger partial charge in [0.25, 0.3) is 0 Å². The largest absolute Gasteiger partial charge is 0.396 e. The first-order chi connectivity index (χ1) is 10.4. The molecule has 0 aliphatic carbocycles. The topological polar surface area (TPSA) is 140 Å². The van der Waals surface area contributed by atoms with E-state index in [0.717, 1.165) is 0 Å². The van der Waals surface area contributed by atoms with E-state index in [1.165, 1.54) is 10.9 Å². The second-order valence-corrected chi connectivity index (χ2v) is 5.86. The third-order valence-electron chi connectivity index (χ3n) is 4.09. The van der Waals surface area contributed by atoms with Gasteiger partial charge in [-0.3, -0.25) is 4.57 Å². The quantitative estimate of drug-likeness (QED) is 0.543. The molecule has 120 valence electrons. The summed E-state index contributed by atoms with van der Waals surface area (Å²) in [6.07, 6.45) is -1.24. The summed E-state index contributed by atoms with van der Waals surface area (Å²) >= 11 is 5.83. The maximum Gasteiger partial charge on any atom is 0.226 e. The first-order valence-corrected chi connectivity index (χ1v) is 7.01. The number of aromatic nitrogens is 4. The number of anilines is 1. The van der Waals surface area contributed by atoms with E-state index in [-0.39, 0.29) is 24.3 Å². The van der Waals surface area contributed by atoms with Crippen molar-refractivity contribution in [1.82, 2.24) is 19.5 Å². The minimum atomic E-state index is -1.06. The zero-order valence-corrected chi connectivity index (χ0v) is 12.5. The number of halogens is 1. The first-order valence-electron chi connectivity index (χ1n) is 6.63. The van der Waals surface area contributed by atoms with Crippen LogP contribution < -0.4 is 5.73 Å². The number of hydrogen-bond donors (Lipinski definition) is 4. The molecule has 5 N–H and O–H groups in total. The Kier molecular flexibility index (Phi) is 3.69. The van der Waals surface area contributed by atoms with Gasteiger partial charge in [0, 0.05) is 0 Å². The molecule has 2 aromatic heterocycles. The van der Waals surface area contributed by atoms with E-state index in [0.29, 0.717) is 11.2 Å². The Hall–Kier alpha value is -1.52. The molecule has 4 atom stereocenters. The first kappa shape index (κ1) is 15.4. The molecule has 3 heterocycles. The standard InChI is InChI=1S/C12H16ClN5O4/c1-12(3-20)7(21)5(2-19)22-10(12)18-4-15-6-8(14)16-11(13)17-9(6)18/h4-5,7,10,19-21H,2-3H2,1H3,(H2,14,16,17)/t5-,7-,10-,12-/m1/s1. The molecule has 9 nitrogen and oxygen atoms in total. The van der Waals surface area contributed by atoms with E-state index in [4.69, 9.17) is 22.1 Å². The summed E-state index contributed by atoms with van der Waals surface area (Å²) in [6, 6.07) is 0. The fraction of sp³-hybridized carbons (Fsp3) is 0.583. The normalized spacial score (nSPS) is 32.0. The molecule has 1 fully saturated rings. The highest BCUT2D eigenvalue weighted by Gasteiger charge is 2.53. The van der Waals surface area contributed by atoms with Gasteiger partial charge in [-0.2, -0.15) is 9.97 Å². The van der Waals surface area contributed by atoms with Crippen molar-refractivity contribution in [3.05, 3.63) is 11.6 Å². The summed E-state index contributed by atoms with van der Waals surface area (Å²) in [5.74, 6) is 0.122. The fourth-order valence-electron chi connectivity index (χ4n) is 2.75. The van der Waals surface area contributed by atoms with Crippen LogP contribution in [0.15, 0.2) is 6.33 Å². The summed E-state index contributed by atoms with van der Waals surface area (Å²) < 4.78 is 7.20. The van der Waals surface area contributed by atoms with Gasteiger partial charge in [0.1, 0.15) is 17.8 Å². The Bertz CT molecular complexity index is 710. The minimum absolute atomic E-state index is 0.0466. The van der Waals surface area contributed by atoms with Crippen molar-refractivity contribution in [2.45, 2.75) is 25.4 Å². The van der Waals surface area contributed by atoms with Gasteiger partial charge in [-0.05, 0) is 11.6 Å². The van der Waals surface area contributed by atoms with Gasteiger partial charge in [0.2, 0.25) is 5.28 Å². The molecule has 0 amide bonds. The molecular formula is C12H16ClN5O4. The molecule has 3 rings (SSSR count). The van der Waals surface area contributed by atoms with Crippen LogP contribution >= 0.6 is 11.6 Å². The number of nitrogens with zero attached hydrogens (tertiary/aromatic N) is 4. The lowest BCUT2D eigenvalue weighted by molar-refractivity contribution is -0.0595. The highest BCUT2D eigenvalue weighted by Crippen LogP contribution is 2.45. The van der Waals surface area contributed by atoms with Gasteiger partial charge >= 0.3 is 0 Å². The zero-order valence-electron chi connectivity index (χ0n) is 11.7. The van der Waals surface area contributed by atoms with Crippen LogP contribution in [0, 0.1) is 5.41 Å². The van der Waals surface area contributed by atoms with Crippen molar-refractivity contribution in [3.8, 4) is 0 Å². The van der Waals surface area contributed by atoms with E-state index in [1.54, 1.807) is 6.92 Å². The average molecular weight is 330 g/mol.